The summed E-state index contributed by atoms with van der Waals surface area (Å²) in [6.07, 6.45) is 0. The van der Waals surface area contributed by atoms with E-state index in [2.05, 4.69) is 0 Å². The van der Waals surface area contributed by atoms with Crippen LogP contribution in [0.5, 0.6) is 0 Å². The maximum Gasteiger partial charge on any atom is 3.00 e. The second kappa shape index (κ2) is 22.7. The van der Waals surface area contributed by atoms with Crippen molar-refractivity contribution in [2.24, 2.45) is 0 Å². The average Bonchev–Trinajstić information content (AvgIpc) is 0. The first-order valence-electron chi connectivity index (χ1n) is 0. The van der Waals surface area contributed by atoms with Gasteiger partial charge in [0, 0.05) is 0 Å². The van der Waals surface area contributed by atoms with Crippen molar-refractivity contribution in [3.63, 3.8) is 0 Å². The zero-order valence-electron chi connectivity index (χ0n) is 2.04. The monoisotopic (exact) mass is 105 g/mol. The van der Waals surface area contributed by atoms with Gasteiger partial charge in [0.1, 0.15) is 0 Å². The van der Waals surface area contributed by atoms with E-state index in [0.29, 0.717) is 0 Å². The average molecular weight is 105 g/mol. The molecule has 0 aromatic rings. The Bertz CT molecular complexity index is 6.00. The summed E-state index contributed by atoms with van der Waals surface area (Å²) in [5.41, 5.74) is 0. The molecule has 0 saturated heterocycles. The Labute approximate surface area is 63.8 Å². The van der Waals surface area contributed by atoms with Gasteiger partial charge in [-0.2, -0.15) is 0 Å². The summed E-state index contributed by atoms with van der Waals surface area (Å²) in [4.78, 5) is 0. The summed E-state index contributed by atoms with van der Waals surface area (Å²) in [7, 11) is 0. The Morgan fingerprint density at radius 1 is 0.750 bits per heavy atom. The largest absolute Gasteiger partial charge is 3.00 e. The van der Waals surface area contributed by atoms with E-state index in [9.17, 15) is 0 Å². The first kappa shape index (κ1) is 44.8. The molecule has 4 heteroatoms. The van der Waals surface area contributed by atoms with Crippen LogP contribution in [0.1, 0.15) is 0 Å². The van der Waals surface area contributed by atoms with Crippen LogP contribution in [0.3, 0.4) is 0 Å². The van der Waals surface area contributed by atoms with Crippen molar-refractivity contribution in [3.8, 4) is 0 Å². The molecule has 0 N–H and O–H groups in total. The molecule has 0 aromatic carbocycles. The van der Waals surface area contributed by atoms with Crippen LogP contribution >= 0.6 is 0 Å². The minimum Gasteiger partial charge on any atom is -1.00 e. The van der Waals surface area contributed by atoms with Crippen LogP contribution in [0.15, 0.2) is 0 Å². The van der Waals surface area contributed by atoms with E-state index in [4.69, 9.17) is 0 Å². The van der Waals surface area contributed by atoms with E-state index in [-0.39, 0.29) is 64.5 Å². The van der Waals surface area contributed by atoms with E-state index in [1.54, 1.807) is 0 Å². The minimum atomic E-state index is 0. The fourth-order valence-electron chi connectivity index (χ4n) is 0. The van der Waals surface area contributed by atoms with E-state index < -0.39 is 0 Å². The maximum absolute atomic E-state index is 0. The molecule has 4 heavy (non-hydrogen) atoms. The molecule has 0 bridgehead atoms. The summed E-state index contributed by atoms with van der Waals surface area (Å²) in [6, 6.07) is 0. The second-order valence-corrected chi connectivity index (χ2v) is 0. The van der Waals surface area contributed by atoms with Crippen molar-refractivity contribution in [2.45, 2.75) is 0 Å². The molecule has 0 unspecified atom stereocenters. The normalized spacial score (nSPS) is 0. The van der Waals surface area contributed by atoms with Gasteiger partial charge in [0.25, 0.3) is 0 Å². The number of rotatable bonds is 0. The molecule has 0 fully saturated rings. The van der Waals surface area contributed by atoms with Gasteiger partial charge in [-0.25, -0.2) is 0 Å². The summed E-state index contributed by atoms with van der Waals surface area (Å²) in [5, 5.41) is 0. The van der Waals surface area contributed by atoms with Crippen LogP contribution in [-0.4, -0.2) is 55.1 Å². The third-order valence-electron chi connectivity index (χ3n) is 0. The molecule has 0 atom stereocenters. The van der Waals surface area contributed by atoms with Crippen molar-refractivity contribution >= 4 is 55.1 Å². The Kier molecular flexibility index (Phi) is 255. The molecule has 0 spiro atoms. The SMILES string of the molecule is [Al+3].[Ca+2].[F-].[F-]. The fraction of sp³-hybridized carbons (Fsp3) is 0. The van der Waals surface area contributed by atoms with Gasteiger partial charge in [0.05, 0.1) is 0 Å². The van der Waals surface area contributed by atoms with E-state index in [1.165, 1.54) is 0 Å². The molecule has 0 saturated carbocycles. The third-order valence-corrected chi connectivity index (χ3v) is 0. The van der Waals surface area contributed by atoms with Gasteiger partial charge in [-0.1, -0.05) is 0 Å². The van der Waals surface area contributed by atoms with Gasteiger partial charge >= 0.3 is 55.1 Å². The molecular formula is AlCaF2+3. The summed E-state index contributed by atoms with van der Waals surface area (Å²) in [5.74, 6) is 0. The van der Waals surface area contributed by atoms with Crippen LogP contribution in [0.2, 0.25) is 0 Å². The zero-order valence-corrected chi connectivity index (χ0v) is 5.40. The van der Waals surface area contributed by atoms with Crippen molar-refractivity contribution in [1.29, 1.82) is 0 Å². The molecule has 16 valence electrons. The molecule has 0 nitrogen and oxygen atoms in total. The molecule has 0 aliphatic rings. The van der Waals surface area contributed by atoms with Crippen LogP contribution in [0.25, 0.3) is 0 Å². The van der Waals surface area contributed by atoms with Crippen LogP contribution < -0.4 is 9.41 Å². The minimum absolute atomic E-state index is 0. The molecule has 0 heterocycles. The van der Waals surface area contributed by atoms with Crippen molar-refractivity contribution in [3.05, 3.63) is 0 Å². The fourth-order valence-corrected chi connectivity index (χ4v) is 0. The standard InChI is InChI=1S/Al.Ca.2FH/h;;2*1H/q+3;+2;;/p-2. The topological polar surface area (TPSA) is 0 Å². The Hall–Kier alpha value is 1.65. The predicted octanol–water partition coefficient (Wildman–Crippen LogP) is -6.75. The van der Waals surface area contributed by atoms with Crippen molar-refractivity contribution in [1.82, 2.24) is 0 Å². The first-order valence-corrected chi connectivity index (χ1v) is 0. The molecule has 0 aliphatic heterocycles. The van der Waals surface area contributed by atoms with Crippen LogP contribution in [0, 0.1) is 0 Å². The van der Waals surface area contributed by atoms with Crippen LogP contribution in [0.4, 0.5) is 0 Å². The number of hydrogen-bond donors (Lipinski definition) is 0. The predicted molar refractivity (Wildman–Crippen MR) is 11.5 cm³/mol. The Morgan fingerprint density at radius 2 is 0.750 bits per heavy atom. The van der Waals surface area contributed by atoms with Gasteiger partial charge in [-0.15, -0.1) is 0 Å². The molecular weight excluding hydrogens is 105 g/mol. The van der Waals surface area contributed by atoms with Gasteiger partial charge < -0.3 is 9.41 Å². The van der Waals surface area contributed by atoms with E-state index >= 15 is 0 Å². The van der Waals surface area contributed by atoms with Gasteiger partial charge in [-0.3, -0.25) is 0 Å². The third kappa shape index (κ3) is 9.41. The Balaban J connectivity index is 0. The summed E-state index contributed by atoms with van der Waals surface area (Å²) < 4.78 is 0. The molecule has 0 amide bonds. The number of halogens is 2. The second-order valence-electron chi connectivity index (χ2n) is 0. The Morgan fingerprint density at radius 3 is 0.750 bits per heavy atom. The molecule has 0 aromatic heterocycles. The molecule has 0 aliphatic carbocycles. The first-order chi connectivity index (χ1) is 0. The quantitative estimate of drug-likeness (QED) is 0.269. The zero-order chi connectivity index (χ0) is 0. The van der Waals surface area contributed by atoms with E-state index in [0.717, 1.165) is 0 Å². The van der Waals surface area contributed by atoms with Gasteiger partial charge in [-0.05, 0) is 0 Å². The van der Waals surface area contributed by atoms with Crippen molar-refractivity contribution in [2.75, 3.05) is 0 Å². The number of hydrogen-bond acceptors (Lipinski definition) is 0. The van der Waals surface area contributed by atoms with Gasteiger partial charge in [0.2, 0.25) is 0 Å². The molecule has 0 rings (SSSR count). The van der Waals surface area contributed by atoms with E-state index in [1.807, 2.05) is 0 Å². The summed E-state index contributed by atoms with van der Waals surface area (Å²) in [6.45, 7) is 0. The summed E-state index contributed by atoms with van der Waals surface area (Å²) >= 11 is 0. The van der Waals surface area contributed by atoms with Crippen molar-refractivity contribution < 1.29 is 9.41 Å². The van der Waals surface area contributed by atoms with Gasteiger partial charge in [0.15, 0.2) is 0 Å². The van der Waals surface area contributed by atoms with Crippen LogP contribution in [-0.2, 0) is 0 Å². The molecule has 0 radical (unpaired) electrons. The smallest absolute Gasteiger partial charge is 1.00 e. The maximum atomic E-state index is 0.